The summed E-state index contributed by atoms with van der Waals surface area (Å²) in [6, 6.07) is 9.67. The fourth-order valence-corrected chi connectivity index (χ4v) is 4.03. The number of esters is 1. The second kappa shape index (κ2) is 16.5. The molecular weight excluding hydrogens is 538 g/mol. The number of carboxylic acid groups (broad SMARTS) is 4. The monoisotopic (exact) mass is 567 g/mol. The molecular formula is C24H29N3O11S. The first-order valence-corrected chi connectivity index (χ1v) is 12.2. The third-order valence-electron chi connectivity index (χ3n) is 4.94. The van der Waals surface area contributed by atoms with E-state index in [1.54, 1.807) is 6.92 Å². The largest absolute Gasteiger partial charge is 0.473 e. The zero-order valence-corrected chi connectivity index (χ0v) is 22.0. The number of thiophene rings is 1. The lowest BCUT2D eigenvalue weighted by molar-refractivity contribution is -0.159. The molecule has 1 aromatic heterocycles. The zero-order chi connectivity index (χ0) is 29.5. The lowest BCUT2D eigenvalue weighted by Crippen LogP contribution is -2.47. The average molecular weight is 568 g/mol. The number of amides is 1. The first-order chi connectivity index (χ1) is 18.4. The molecule has 0 spiro atoms. The molecule has 1 amide bonds. The van der Waals surface area contributed by atoms with Gasteiger partial charge in [-0.15, -0.1) is 11.3 Å². The van der Waals surface area contributed by atoms with Crippen molar-refractivity contribution in [3.05, 3.63) is 41.3 Å². The number of hydrogen-bond donors (Lipinski definition) is 5. The van der Waals surface area contributed by atoms with Gasteiger partial charge in [0.15, 0.2) is 0 Å². The van der Waals surface area contributed by atoms with Crippen molar-refractivity contribution in [3.8, 4) is 11.1 Å². The number of hydrogen-bond acceptors (Lipinski definition) is 10. The van der Waals surface area contributed by atoms with Crippen molar-refractivity contribution >= 4 is 52.1 Å². The summed E-state index contributed by atoms with van der Waals surface area (Å²) in [4.78, 5) is 65.9. The summed E-state index contributed by atoms with van der Waals surface area (Å²) in [6.45, 7) is 6.05. The lowest BCUT2D eigenvalue weighted by Gasteiger charge is -2.31. The van der Waals surface area contributed by atoms with E-state index in [-0.39, 0.29) is 12.5 Å². The number of ether oxygens (including phenoxy) is 1. The van der Waals surface area contributed by atoms with E-state index in [0.29, 0.717) is 17.1 Å². The van der Waals surface area contributed by atoms with Crippen molar-refractivity contribution in [1.29, 1.82) is 0 Å². The predicted molar refractivity (Wildman–Crippen MR) is 139 cm³/mol. The Morgan fingerprint density at radius 1 is 0.872 bits per heavy atom. The molecule has 2 heterocycles. The molecule has 212 valence electrons. The van der Waals surface area contributed by atoms with Gasteiger partial charge in [-0.3, -0.25) is 9.69 Å². The van der Waals surface area contributed by atoms with Crippen LogP contribution in [0.1, 0.15) is 17.3 Å². The van der Waals surface area contributed by atoms with Crippen molar-refractivity contribution < 1.29 is 53.9 Å². The van der Waals surface area contributed by atoms with Gasteiger partial charge < -0.3 is 35.4 Å². The standard InChI is InChI=1S/C20H25N3O3S.2C2H2O4/c1-3-26-20(25)18-16(15-7-5-4-6-8-15)14-27-19(18)21-17(24)13-23-11-9-22(2)10-12-23;2*3-1(4)2(5)6/h4-8,14H,3,9-13H2,1-2H3,(H,21,24);2*(H,3,4)(H,5,6). The predicted octanol–water partition coefficient (Wildman–Crippen LogP) is 1.09. The summed E-state index contributed by atoms with van der Waals surface area (Å²) in [5, 5.41) is 34.9. The van der Waals surface area contributed by atoms with E-state index in [2.05, 4.69) is 22.2 Å². The quantitative estimate of drug-likeness (QED) is 0.245. The number of aliphatic carboxylic acids is 4. The number of piperazine rings is 1. The highest BCUT2D eigenvalue weighted by molar-refractivity contribution is 7.15. The highest BCUT2D eigenvalue weighted by atomic mass is 32.1. The van der Waals surface area contributed by atoms with Gasteiger partial charge in [-0.05, 0) is 19.5 Å². The highest BCUT2D eigenvalue weighted by Gasteiger charge is 2.24. The van der Waals surface area contributed by atoms with E-state index >= 15 is 0 Å². The molecule has 0 unspecified atom stereocenters. The molecule has 39 heavy (non-hydrogen) atoms. The highest BCUT2D eigenvalue weighted by Crippen LogP contribution is 2.36. The molecule has 1 fully saturated rings. The number of nitrogens with one attached hydrogen (secondary N) is 1. The van der Waals surface area contributed by atoms with Gasteiger partial charge in [0.2, 0.25) is 5.91 Å². The minimum absolute atomic E-state index is 0.105. The third-order valence-corrected chi connectivity index (χ3v) is 5.83. The molecule has 1 aliphatic heterocycles. The van der Waals surface area contributed by atoms with E-state index in [1.807, 2.05) is 35.7 Å². The molecule has 1 aliphatic rings. The molecule has 3 rings (SSSR count). The summed E-state index contributed by atoms with van der Waals surface area (Å²) in [5.41, 5.74) is 2.14. The van der Waals surface area contributed by atoms with Gasteiger partial charge in [0.25, 0.3) is 0 Å². The Morgan fingerprint density at radius 3 is 1.85 bits per heavy atom. The first kappa shape index (κ1) is 32.7. The van der Waals surface area contributed by atoms with Gasteiger partial charge in [0.05, 0.1) is 13.2 Å². The number of rotatable bonds is 6. The van der Waals surface area contributed by atoms with Gasteiger partial charge in [-0.25, -0.2) is 24.0 Å². The molecule has 14 nitrogen and oxygen atoms in total. The third kappa shape index (κ3) is 11.7. The van der Waals surface area contributed by atoms with Crippen molar-refractivity contribution in [3.63, 3.8) is 0 Å². The van der Waals surface area contributed by atoms with E-state index in [0.717, 1.165) is 37.3 Å². The van der Waals surface area contributed by atoms with Crippen LogP contribution in [-0.4, -0.2) is 112 Å². The number of anilines is 1. The number of carbonyl (C=O) groups is 6. The minimum atomic E-state index is -1.82. The van der Waals surface area contributed by atoms with Crippen LogP contribution in [0, 0.1) is 0 Å². The van der Waals surface area contributed by atoms with Crippen molar-refractivity contribution in [2.24, 2.45) is 0 Å². The van der Waals surface area contributed by atoms with Crippen molar-refractivity contribution in [2.45, 2.75) is 6.92 Å². The molecule has 0 atom stereocenters. The van der Waals surface area contributed by atoms with Gasteiger partial charge in [-0.2, -0.15) is 0 Å². The van der Waals surface area contributed by atoms with Crippen LogP contribution in [0.3, 0.4) is 0 Å². The molecule has 1 saturated heterocycles. The van der Waals surface area contributed by atoms with Crippen LogP contribution in [0.15, 0.2) is 35.7 Å². The summed E-state index contributed by atoms with van der Waals surface area (Å²) < 4.78 is 5.23. The smallest absolute Gasteiger partial charge is 0.414 e. The Balaban J connectivity index is 0.000000530. The number of carbonyl (C=O) groups excluding carboxylic acids is 2. The summed E-state index contributed by atoms with van der Waals surface area (Å²) in [6.07, 6.45) is 0. The van der Waals surface area contributed by atoms with E-state index in [4.69, 9.17) is 44.3 Å². The second-order valence-corrected chi connectivity index (χ2v) is 8.67. The molecule has 0 bridgehead atoms. The SMILES string of the molecule is CCOC(=O)c1c(-c2ccccc2)csc1NC(=O)CN1CCN(C)CC1.O=C(O)C(=O)O.O=C(O)C(=O)O. The Kier molecular flexibility index (Phi) is 13.8. The Morgan fingerprint density at radius 2 is 1.38 bits per heavy atom. The van der Waals surface area contributed by atoms with Crippen molar-refractivity contribution in [1.82, 2.24) is 9.80 Å². The van der Waals surface area contributed by atoms with Gasteiger partial charge in [-0.1, -0.05) is 30.3 Å². The summed E-state index contributed by atoms with van der Waals surface area (Å²) >= 11 is 1.36. The second-order valence-electron chi connectivity index (χ2n) is 7.79. The van der Waals surface area contributed by atoms with Gasteiger partial charge >= 0.3 is 29.8 Å². The van der Waals surface area contributed by atoms with Crippen LogP contribution in [0.25, 0.3) is 11.1 Å². The molecule has 1 aromatic carbocycles. The molecule has 0 radical (unpaired) electrons. The van der Waals surface area contributed by atoms with Gasteiger partial charge in [0.1, 0.15) is 10.6 Å². The van der Waals surface area contributed by atoms with Crippen LogP contribution in [0.2, 0.25) is 0 Å². The molecule has 0 saturated carbocycles. The Labute approximate surface area is 227 Å². The van der Waals surface area contributed by atoms with Crippen LogP contribution in [-0.2, 0) is 28.7 Å². The van der Waals surface area contributed by atoms with Crippen LogP contribution in [0.5, 0.6) is 0 Å². The maximum atomic E-state index is 12.5. The first-order valence-electron chi connectivity index (χ1n) is 11.3. The van der Waals surface area contributed by atoms with Crippen molar-refractivity contribution in [2.75, 3.05) is 51.7 Å². The van der Waals surface area contributed by atoms with Crippen LogP contribution in [0.4, 0.5) is 5.00 Å². The molecule has 0 aliphatic carbocycles. The van der Waals surface area contributed by atoms with Crippen LogP contribution < -0.4 is 5.32 Å². The summed E-state index contributed by atoms with van der Waals surface area (Å²) in [5.74, 6) is -7.81. The Bertz CT molecular complexity index is 1110. The molecule has 15 heteroatoms. The maximum absolute atomic E-state index is 12.5. The van der Waals surface area contributed by atoms with Crippen LogP contribution >= 0.6 is 11.3 Å². The molecule has 2 aromatic rings. The summed E-state index contributed by atoms with van der Waals surface area (Å²) in [7, 11) is 2.08. The zero-order valence-electron chi connectivity index (χ0n) is 21.2. The number of nitrogens with zero attached hydrogens (tertiary/aromatic N) is 2. The minimum Gasteiger partial charge on any atom is -0.473 e. The number of benzene rings is 1. The van der Waals surface area contributed by atoms with E-state index in [1.165, 1.54) is 11.3 Å². The topological polar surface area (TPSA) is 211 Å². The average Bonchev–Trinajstić information content (AvgIpc) is 3.30. The normalized spacial score (nSPS) is 13.0. The van der Waals surface area contributed by atoms with E-state index < -0.39 is 29.8 Å². The maximum Gasteiger partial charge on any atom is 0.414 e. The lowest BCUT2D eigenvalue weighted by atomic mass is 10.0. The number of carboxylic acids is 4. The number of likely N-dealkylation sites (N-methyl/N-ethyl adjacent to an activating group) is 1. The Hall–Kier alpha value is -4.34. The van der Waals surface area contributed by atoms with E-state index in [9.17, 15) is 9.59 Å². The fourth-order valence-electron chi connectivity index (χ4n) is 3.06. The fraction of sp³-hybridized carbons (Fsp3) is 0.333. The van der Waals surface area contributed by atoms with Gasteiger partial charge in [0, 0.05) is 37.1 Å². The molecule has 5 N–H and O–H groups in total.